The SMILES string of the molecule is CCCC1CCC2(CC1)C(N)CCN2CCC. The molecule has 0 aromatic rings. The van der Waals surface area contributed by atoms with E-state index in [1.54, 1.807) is 0 Å². The molecule has 1 spiro atoms. The number of hydrogen-bond donors (Lipinski definition) is 1. The molecule has 0 amide bonds. The highest BCUT2D eigenvalue weighted by molar-refractivity contribution is 5.06. The van der Waals surface area contributed by atoms with Crippen molar-refractivity contribution in [3.63, 3.8) is 0 Å². The quantitative estimate of drug-likeness (QED) is 0.815. The lowest BCUT2D eigenvalue weighted by atomic mass is 9.72. The molecular formula is C15H30N2. The van der Waals surface area contributed by atoms with Crippen molar-refractivity contribution in [1.29, 1.82) is 0 Å². The van der Waals surface area contributed by atoms with Crippen LogP contribution in [0.25, 0.3) is 0 Å². The first-order valence-corrected chi connectivity index (χ1v) is 7.73. The van der Waals surface area contributed by atoms with E-state index in [1.165, 1.54) is 64.5 Å². The van der Waals surface area contributed by atoms with E-state index in [0.717, 1.165) is 5.92 Å². The van der Waals surface area contributed by atoms with Crippen molar-refractivity contribution in [2.24, 2.45) is 11.7 Å². The summed E-state index contributed by atoms with van der Waals surface area (Å²) in [6.07, 6.45) is 10.8. The smallest absolute Gasteiger partial charge is 0.0361 e. The van der Waals surface area contributed by atoms with Crippen LogP contribution in [0.1, 0.15) is 65.2 Å². The second-order valence-corrected chi connectivity index (χ2v) is 6.22. The summed E-state index contributed by atoms with van der Waals surface area (Å²) in [6, 6.07) is 0.441. The largest absolute Gasteiger partial charge is 0.326 e. The average Bonchev–Trinajstić information content (AvgIpc) is 2.62. The number of nitrogens with zero attached hydrogens (tertiary/aromatic N) is 1. The van der Waals surface area contributed by atoms with Gasteiger partial charge >= 0.3 is 0 Å². The summed E-state index contributed by atoms with van der Waals surface area (Å²) in [4.78, 5) is 2.72. The molecule has 100 valence electrons. The molecule has 2 nitrogen and oxygen atoms in total. The second kappa shape index (κ2) is 5.71. The maximum absolute atomic E-state index is 6.44. The summed E-state index contributed by atoms with van der Waals surface area (Å²) in [5, 5.41) is 0. The molecule has 0 aromatic carbocycles. The van der Waals surface area contributed by atoms with Crippen molar-refractivity contribution in [2.75, 3.05) is 13.1 Å². The van der Waals surface area contributed by atoms with Crippen molar-refractivity contribution >= 4 is 0 Å². The van der Waals surface area contributed by atoms with E-state index in [-0.39, 0.29) is 0 Å². The van der Waals surface area contributed by atoms with Gasteiger partial charge in [0.2, 0.25) is 0 Å². The van der Waals surface area contributed by atoms with Gasteiger partial charge in [0, 0.05) is 18.1 Å². The molecule has 2 aliphatic rings. The molecule has 0 bridgehead atoms. The van der Waals surface area contributed by atoms with Gasteiger partial charge in [-0.3, -0.25) is 4.90 Å². The zero-order chi connectivity index (χ0) is 12.3. The Morgan fingerprint density at radius 3 is 2.41 bits per heavy atom. The van der Waals surface area contributed by atoms with Crippen LogP contribution in [-0.4, -0.2) is 29.6 Å². The van der Waals surface area contributed by atoms with E-state index < -0.39 is 0 Å². The van der Waals surface area contributed by atoms with Gasteiger partial charge in [-0.05, 0) is 51.0 Å². The molecule has 1 saturated heterocycles. The number of rotatable bonds is 4. The van der Waals surface area contributed by atoms with Crippen molar-refractivity contribution in [2.45, 2.75) is 76.8 Å². The minimum Gasteiger partial charge on any atom is -0.326 e. The fraction of sp³-hybridized carbons (Fsp3) is 1.00. The highest BCUT2D eigenvalue weighted by atomic mass is 15.2. The van der Waals surface area contributed by atoms with Crippen molar-refractivity contribution < 1.29 is 0 Å². The van der Waals surface area contributed by atoms with Crippen molar-refractivity contribution in [1.82, 2.24) is 4.90 Å². The van der Waals surface area contributed by atoms with E-state index in [2.05, 4.69) is 18.7 Å². The van der Waals surface area contributed by atoms with Crippen LogP contribution in [0, 0.1) is 5.92 Å². The Bertz CT molecular complexity index is 229. The molecular weight excluding hydrogens is 208 g/mol. The van der Waals surface area contributed by atoms with E-state index in [1.807, 2.05) is 0 Å². The predicted molar refractivity (Wildman–Crippen MR) is 74.1 cm³/mol. The fourth-order valence-electron chi connectivity index (χ4n) is 4.19. The van der Waals surface area contributed by atoms with Crippen LogP contribution in [0.4, 0.5) is 0 Å². The third-order valence-corrected chi connectivity index (χ3v) is 5.19. The fourth-order valence-corrected chi connectivity index (χ4v) is 4.19. The van der Waals surface area contributed by atoms with Gasteiger partial charge in [-0.2, -0.15) is 0 Å². The molecule has 0 aromatic heterocycles. The van der Waals surface area contributed by atoms with Gasteiger partial charge in [0.25, 0.3) is 0 Å². The average molecular weight is 238 g/mol. The molecule has 2 rings (SSSR count). The Balaban J connectivity index is 1.98. The minimum absolute atomic E-state index is 0.389. The summed E-state index contributed by atoms with van der Waals surface area (Å²) in [7, 11) is 0. The number of likely N-dealkylation sites (tertiary alicyclic amines) is 1. The third kappa shape index (κ3) is 2.53. The minimum atomic E-state index is 0.389. The molecule has 1 heterocycles. The second-order valence-electron chi connectivity index (χ2n) is 6.22. The number of nitrogens with two attached hydrogens (primary N) is 1. The highest BCUT2D eigenvalue weighted by Crippen LogP contribution is 2.43. The summed E-state index contributed by atoms with van der Waals surface area (Å²) in [6.45, 7) is 7.11. The van der Waals surface area contributed by atoms with Gasteiger partial charge < -0.3 is 5.73 Å². The lowest BCUT2D eigenvalue weighted by molar-refractivity contribution is 0.0614. The van der Waals surface area contributed by atoms with E-state index >= 15 is 0 Å². The summed E-state index contributed by atoms with van der Waals surface area (Å²) >= 11 is 0. The van der Waals surface area contributed by atoms with Crippen molar-refractivity contribution in [3.05, 3.63) is 0 Å². The van der Waals surface area contributed by atoms with Gasteiger partial charge in [0.05, 0.1) is 0 Å². The van der Waals surface area contributed by atoms with Gasteiger partial charge in [-0.25, -0.2) is 0 Å². The standard InChI is InChI=1S/C15H30N2/c1-3-5-13-6-9-15(10-7-13)14(16)8-12-17(15)11-4-2/h13-14H,3-12,16H2,1-2H3. The Hall–Kier alpha value is -0.0800. The van der Waals surface area contributed by atoms with Gasteiger partial charge in [0.1, 0.15) is 0 Å². The van der Waals surface area contributed by atoms with Crippen LogP contribution < -0.4 is 5.73 Å². The maximum atomic E-state index is 6.44. The topological polar surface area (TPSA) is 29.3 Å². The lowest BCUT2D eigenvalue weighted by Gasteiger charge is -2.46. The summed E-state index contributed by atoms with van der Waals surface area (Å²) < 4.78 is 0. The predicted octanol–water partition coefficient (Wildman–Crippen LogP) is 3.16. The van der Waals surface area contributed by atoms with E-state index in [0.29, 0.717) is 11.6 Å². The molecule has 1 aliphatic heterocycles. The molecule has 1 unspecified atom stereocenters. The van der Waals surface area contributed by atoms with E-state index in [9.17, 15) is 0 Å². The zero-order valence-electron chi connectivity index (χ0n) is 11.8. The van der Waals surface area contributed by atoms with Crippen LogP contribution in [0.5, 0.6) is 0 Å². The van der Waals surface area contributed by atoms with Gasteiger partial charge in [-0.15, -0.1) is 0 Å². The monoisotopic (exact) mass is 238 g/mol. The molecule has 2 N–H and O–H groups in total. The lowest BCUT2D eigenvalue weighted by Crippen LogP contribution is -2.55. The summed E-state index contributed by atoms with van der Waals surface area (Å²) in [5.74, 6) is 0.988. The first kappa shape index (κ1) is 13.4. The molecule has 2 heteroatoms. The Morgan fingerprint density at radius 1 is 1.12 bits per heavy atom. The number of hydrogen-bond acceptors (Lipinski definition) is 2. The maximum Gasteiger partial charge on any atom is 0.0361 e. The first-order chi connectivity index (χ1) is 8.23. The van der Waals surface area contributed by atoms with Crippen LogP contribution in [0.15, 0.2) is 0 Å². The van der Waals surface area contributed by atoms with Crippen LogP contribution in [0.2, 0.25) is 0 Å². The van der Waals surface area contributed by atoms with Crippen molar-refractivity contribution in [3.8, 4) is 0 Å². The zero-order valence-corrected chi connectivity index (χ0v) is 11.8. The molecule has 2 fully saturated rings. The highest BCUT2D eigenvalue weighted by Gasteiger charge is 2.47. The third-order valence-electron chi connectivity index (χ3n) is 5.19. The van der Waals surface area contributed by atoms with Crippen LogP contribution in [-0.2, 0) is 0 Å². The molecule has 1 atom stereocenters. The molecule has 17 heavy (non-hydrogen) atoms. The van der Waals surface area contributed by atoms with E-state index in [4.69, 9.17) is 5.73 Å². The van der Waals surface area contributed by atoms with Crippen LogP contribution in [0.3, 0.4) is 0 Å². The van der Waals surface area contributed by atoms with Crippen LogP contribution >= 0.6 is 0 Å². The first-order valence-electron chi connectivity index (χ1n) is 7.73. The normalized spacial score (nSPS) is 39.0. The molecule has 1 aliphatic carbocycles. The van der Waals surface area contributed by atoms with Gasteiger partial charge in [0.15, 0.2) is 0 Å². The molecule has 1 saturated carbocycles. The Labute approximate surface area is 107 Å². The van der Waals surface area contributed by atoms with Gasteiger partial charge in [-0.1, -0.05) is 26.7 Å². The Kier molecular flexibility index (Phi) is 4.48. The Morgan fingerprint density at radius 2 is 1.82 bits per heavy atom. The summed E-state index contributed by atoms with van der Waals surface area (Å²) in [5.41, 5.74) is 6.83. The molecule has 0 radical (unpaired) electrons.